The summed E-state index contributed by atoms with van der Waals surface area (Å²) >= 11 is 0. The van der Waals surface area contributed by atoms with E-state index in [1.54, 1.807) is 38.5 Å². The quantitative estimate of drug-likeness (QED) is 0.691. The smallest absolute Gasteiger partial charge is 0.311 e. The van der Waals surface area contributed by atoms with E-state index in [0.29, 0.717) is 0 Å². The summed E-state index contributed by atoms with van der Waals surface area (Å²) in [6, 6.07) is 0. The van der Waals surface area contributed by atoms with E-state index in [0.717, 1.165) is 6.42 Å². The van der Waals surface area contributed by atoms with Crippen LogP contribution in [0.1, 0.15) is 65.7 Å². The average Bonchev–Trinajstić information content (AvgIpc) is 3.10. The third kappa shape index (κ3) is 2.98. The molecule has 19 heavy (non-hydrogen) atoms. The van der Waals surface area contributed by atoms with Crippen molar-refractivity contribution in [2.24, 2.45) is 29.1 Å². The molecule has 0 aromatic carbocycles. The summed E-state index contributed by atoms with van der Waals surface area (Å²) in [6.45, 7) is 5.72. The first kappa shape index (κ1) is 14.9. The lowest BCUT2D eigenvalue weighted by atomic mass is 9.82. The highest BCUT2D eigenvalue weighted by Crippen LogP contribution is 2.58. The Morgan fingerprint density at radius 3 is 2.00 bits per heavy atom. The van der Waals surface area contributed by atoms with Crippen LogP contribution in [0.4, 0.5) is 0 Å². The lowest BCUT2D eigenvalue weighted by molar-refractivity contribution is -0.150. The molecule has 0 heterocycles. The number of esters is 1. The van der Waals surface area contributed by atoms with Crippen LogP contribution in [0.5, 0.6) is 0 Å². The highest BCUT2D eigenvalue weighted by molar-refractivity contribution is 5.75. The highest BCUT2D eigenvalue weighted by atomic mass is 16.5. The summed E-state index contributed by atoms with van der Waals surface area (Å²) in [5.74, 6) is 4.66. The number of carbonyl (C=O) groups excluding carboxylic acids is 1. The number of ether oxygens (including phenoxy) is 1. The van der Waals surface area contributed by atoms with Gasteiger partial charge in [-0.3, -0.25) is 4.79 Å². The van der Waals surface area contributed by atoms with Crippen molar-refractivity contribution in [2.45, 2.75) is 65.7 Å². The summed E-state index contributed by atoms with van der Waals surface area (Å²) in [5.41, 5.74) is -0.311. The normalized spacial score (nSPS) is 35.6. The van der Waals surface area contributed by atoms with Crippen molar-refractivity contribution in [1.82, 2.24) is 0 Å². The van der Waals surface area contributed by atoms with E-state index in [1.807, 2.05) is 20.8 Å². The minimum Gasteiger partial charge on any atom is -0.469 e. The van der Waals surface area contributed by atoms with Gasteiger partial charge in [0.05, 0.1) is 12.5 Å². The fourth-order valence-corrected chi connectivity index (χ4v) is 4.44. The summed E-state index contributed by atoms with van der Waals surface area (Å²) in [5, 5.41) is 0. The van der Waals surface area contributed by atoms with Gasteiger partial charge in [0.1, 0.15) is 0 Å². The van der Waals surface area contributed by atoms with Crippen LogP contribution in [-0.4, -0.2) is 13.1 Å². The fraction of sp³-hybridized carbons (Fsp3) is 0.941. The molecule has 3 aliphatic rings. The molecule has 0 aliphatic heterocycles. The van der Waals surface area contributed by atoms with Crippen molar-refractivity contribution in [3.05, 3.63) is 0 Å². The topological polar surface area (TPSA) is 26.3 Å². The molecular formula is C17H30O2. The highest BCUT2D eigenvalue weighted by Gasteiger charge is 2.48. The van der Waals surface area contributed by atoms with Crippen molar-refractivity contribution in [1.29, 1.82) is 0 Å². The Bertz CT molecular complexity index is 305. The summed E-state index contributed by atoms with van der Waals surface area (Å²) in [4.78, 5) is 10.8. The first-order valence-electron chi connectivity index (χ1n) is 8.08. The summed E-state index contributed by atoms with van der Waals surface area (Å²) in [7, 11) is 1.42. The molecule has 3 aliphatic carbocycles. The maximum Gasteiger partial charge on any atom is 0.311 e. The Labute approximate surface area is 118 Å². The van der Waals surface area contributed by atoms with E-state index >= 15 is 0 Å². The maximum absolute atomic E-state index is 10.8. The van der Waals surface area contributed by atoms with Crippen LogP contribution in [0.3, 0.4) is 0 Å². The Balaban J connectivity index is 0.000000142. The van der Waals surface area contributed by atoms with Crippen LogP contribution in [-0.2, 0) is 9.53 Å². The molecule has 0 aromatic rings. The fourth-order valence-electron chi connectivity index (χ4n) is 4.44. The molecular weight excluding hydrogens is 236 g/mol. The van der Waals surface area contributed by atoms with Crippen molar-refractivity contribution < 1.29 is 9.53 Å². The molecule has 3 rings (SSSR count). The Hall–Kier alpha value is -0.530. The second-order valence-corrected chi connectivity index (χ2v) is 7.32. The molecule has 2 nitrogen and oxygen atoms in total. The molecule has 0 N–H and O–H groups in total. The van der Waals surface area contributed by atoms with Crippen molar-refractivity contribution in [3.8, 4) is 0 Å². The van der Waals surface area contributed by atoms with Gasteiger partial charge >= 0.3 is 5.97 Å². The first-order valence-corrected chi connectivity index (χ1v) is 8.08. The third-order valence-electron chi connectivity index (χ3n) is 5.97. The van der Waals surface area contributed by atoms with E-state index < -0.39 is 0 Å². The van der Waals surface area contributed by atoms with Crippen LogP contribution >= 0.6 is 0 Å². The van der Waals surface area contributed by atoms with Crippen molar-refractivity contribution in [2.75, 3.05) is 7.11 Å². The number of hydrogen-bond donors (Lipinski definition) is 0. The van der Waals surface area contributed by atoms with E-state index in [1.165, 1.54) is 30.8 Å². The number of carbonyl (C=O) groups is 1. The van der Waals surface area contributed by atoms with E-state index in [9.17, 15) is 4.79 Å². The van der Waals surface area contributed by atoms with Crippen molar-refractivity contribution in [3.63, 3.8) is 0 Å². The minimum absolute atomic E-state index is 0.134. The molecule has 0 spiro atoms. The lowest BCUT2D eigenvalue weighted by Gasteiger charge is -2.23. The Morgan fingerprint density at radius 1 is 1.11 bits per heavy atom. The predicted octanol–water partition coefficient (Wildman–Crippen LogP) is 4.43. The number of hydrogen-bond acceptors (Lipinski definition) is 2. The van der Waals surface area contributed by atoms with E-state index in [-0.39, 0.29) is 11.4 Å². The Morgan fingerprint density at radius 2 is 1.63 bits per heavy atom. The molecule has 3 fully saturated rings. The molecule has 4 atom stereocenters. The number of fused-ring (bicyclic) bond motifs is 5. The van der Waals surface area contributed by atoms with Crippen LogP contribution in [0.15, 0.2) is 0 Å². The number of methoxy groups -OCH3 is 1. The van der Waals surface area contributed by atoms with Gasteiger partial charge in [-0.2, -0.15) is 0 Å². The summed E-state index contributed by atoms with van der Waals surface area (Å²) < 4.78 is 4.57. The molecule has 0 radical (unpaired) electrons. The van der Waals surface area contributed by atoms with Gasteiger partial charge in [-0.15, -0.1) is 0 Å². The van der Waals surface area contributed by atoms with Crippen LogP contribution < -0.4 is 0 Å². The van der Waals surface area contributed by atoms with Gasteiger partial charge in [-0.25, -0.2) is 0 Å². The standard InChI is InChI=1S/C10H16.C7H14O2/c1-2-9-7-4-5-8(6-7)10(9)3-1;1-5-7(2,3)6(8)9-4/h7-10H,1-6H2;5H2,1-4H3. The van der Waals surface area contributed by atoms with Crippen LogP contribution in [0, 0.1) is 29.1 Å². The molecule has 110 valence electrons. The lowest BCUT2D eigenvalue weighted by Crippen LogP contribution is -2.24. The van der Waals surface area contributed by atoms with E-state index in [2.05, 4.69) is 4.74 Å². The van der Waals surface area contributed by atoms with Gasteiger partial charge in [0.2, 0.25) is 0 Å². The second-order valence-electron chi connectivity index (χ2n) is 7.32. The van der Waals surface area contributed by atoms with Gasteiger partial charge in [-0.1, -0.05) is 13.3 Å². The van der Waals surface area contributed by atoms with E-state index in [4.69, 9.17) is 0 Å². The van der Waals surface area contributed by atoms with Crippen LogP contribution in [0.25, 0.3) is 0 Å². The predicted molar refractivity (Wildman–Crippen MR) is 77.8 cm³/mol. The molecule has 0 amide bonds. The minimum atomic E-state index is -0.311. The van der Waals surface area contributed by atoms with Gasteiger partial charge in [0.15, 0.2) is 0 Å². The molecule has 2 bridgehead atoms. The molecule has 0 saturated heterocycles. The first-order chi connectivity index (χ1) is 8.99. The largest absolute Gasteiger partial charge is 0.469 e. The SMILES string of the molecule is C1CC2C3CCC(C3)C2C1.CCC(C)(C)C(=O)OC. The van der Waals surface area contributed by atoms with Gasteiger partial charge in [0.25, 0.3) is 0 Å². The van der Waals surface area contributed by atoms with Crippen LogP contribution in [0.2, 0.25) is 0 Å². The van der Waals surface area contributed by atoms with Gasteiger partial charge < -0.3 is 4.74 Å². The zero-order valence-electron chi connectivity index (χ0n) is 13.1. The second kappa shape index (κ2) is 5.85. The Kier molecular flexibility index (Phi) is 4.58. The zero-order valence-corrected chi connectivity index (χ0v) is 13.1. The monoisotopic (exact) mass is 266 g/mol. The average molecular weight is 266 g/mol. The van der Waals surface area contributed by atoms with Gasteiger partial charge in [-0.05, 0) is 76.0 Å². The summed E-state index contributed by atoms with van der Waals surface area (Å²) in [6.07, 6.45) is 10.4. The molecule has 4 unspecified atom stereocenters. The molecule has 3 saturated carbocycles. The van der Waals surface area contributed by atoms with Crippen molar-refractivity contribution >= 4 is 5.97 Å². The van der Waals surface area contributed by atoms with Gasteiger partial charge in [0, 0.05) is 0 Å². The molecule has 2 heteroatoms. The molecule has 0 aromatic heterocycles. The maximum atomic E-state index is 10.8. The number of rotatable bonds is 2. The third-order valence-corrected chi connectivity index (χ3v) is 5.97. The zero-order chi connectivity index (χ0) is 14.0.